The lowest BCUT2D eigenvalue weighted by Gasteiger charge is -1.86. The second-order valence-corrected chi connectivity index (χ2v) is 3.24. The third kappa shape index (κ3) is 1.93. The minimum Gasteiger partial charge on any atom is -0.250 e. The second-order valence-electron chi connectivity index (χ2n) is 1.66. The van der Waals surface area contributed by atoms with Crippen LogP contribution in [0.4, 0.5) is 0 Å². The van der Waals surface area contributed by atoms with E-state index < -0.39 is 0 Å². The standard InChI is InChI=1S/C5H7ClN2S/c1-4-7-2-5(9-4)3-8-6/h2,8H,3H2,1H3. The highest BCUT2D eigenvalue weighted by atomic mass is 35.5. The van der Waals surface area contributed by atoms with Crippen molar-refractivity contribution in [3.05, 3.63) is 16.1 Å². The van der Waals surface area contributed by atoms with E-state index in [-0.39, 0.29) is 0 Å². The van der Waals surface area contributed by atoms with Crippen LogP contribution in [0.25, 0.3) is 0 Å². The second kappa shape index (κ2) is 3.15. The number of hydrogen-bond acceptors (Lipinski definition) is 3. The molecule has 0 bridgehead atoms. The zero-order chi connectivity index (χ0) is 6.69. The molecule has 0 aliphatic rings. The SMILES string of the molecule is Cc1ncc(CNCl)s1. The monoisotopic (exact) mass is 162 g/mol. The van der Waals surface area contributed by atoms with Gasteiger partial charge in [-0.1, -0.05) is 0 Å². The molecule has 0 aliphatic heterocycles. The summed E-state index contributed by atoms with van der Waals surface area (Å²) in [7, 11) is 0. The molecular formula is C5H7ClN2S. The van der Waals surface area contributed by atoms with Gasteiger partial charge in [0, 0.05) is 17.6 Å². The van der Waals surface area contributed by atoms with Crippen LogP contribution in [-0.4, -0.2) is 4.98 Å². The number of halogens is 1. The lowest BCUT2D eigenvalue weighted by Crippen LogP contribution is -1.94. The van der Waals surface area contributed by atoms with Gasteiger partial charge in [0.15, 0.2) is 0 Å². The molecule has 50 valence electrons. The molecule has 0 aliphatic carbocycles. The summed E-state index contributed by atoms with van der Waals surface area (Å²) in [5.74, 6) is 0. The van der Waals surface area contributed by atoms with E-state index in [1.165, 1.54) is 4.88 Å². The normalized spacial score (nSPS) is 10.0. The molecule has 0 saturated heterocycles. The lowest BCUT2D eigenvalue weighted by atomic mass is 10.6. The van der Waals surface area contributed by atoms with Gasteiger partial charge in [-0.05, 0) is 18.7 Å². The van der Waals surface area contributed by atoms with Crippen LogP contribution in [0.15, 0.2) is 6.20 Å². The third-order valence-corrected chi connectivity index (χ3v) is 1.96. The molecule has 1 heterocycles. The van der Waals surface area contributed by atoms with Gasteiger partial charge in [-0.2, -0.15) is 0 Å². The maximum atomic E-state index is 5.27. The van der Waals surface area contributed by atoms with Crippen molar-refractivity contribution < 1.29 is 0 Å². The molecule has 0 unspecified atom stereocenters. The first-order valence-electron chi connectivity index (χ1n) is 2.57. The van der Waals surface area contributed by atoms with Crippen LogP contribution in [0.2, 0.25) is 0 Å². The van der Waals surface area contributed by atoms with Gasteiger partial charge in [0.1, 0.15) is 0 Å². The first kappa shape index (κ1) is 6.99. The van der Waals surface area contributed by atoms with E-state index in [4.69, 9.17) is 11.8 Å². The first-order valence-corrected chi connectivity index (χ1v) is 3.77. The lowest BCUT2D eigenvalue weighted by molar-refractivity contribution is 0.982. The number of aryl methyl sites for hydroxylation is 1. The Bertz CT molecular complexity index is 187. The molecule has 0 atom stereocenters. The average molecular weight is 163 g/mol. The highest BCUT2D eigenvalue weighted by Crippen LogP contribution is 2.10. The summed E-state index contributed by atoms with van der Waals surface area (Å²) in [6, 6.07) is 0. The molecule has 0 aromatic carbocycles. The van der Waals surface area contributed by atoms with Gasteiger partial charge in [0.2, 0.25) is 0 Å². The molecule has 0 amide bonds. The summed E-state index contributed by atoms with van der Waals surface area (Å²) in [5, 5.41) is 1.08. The molecule has 2 nitrogen and oxygen atoms in total. The van der Waals surface area contributed by atoms with Gasteiger partial charge in [0.05, 0.1) is 5.01 Å². The Kier molecular flexibility index (Phi) is 2.45. The molecule has 0 radical (unpaired) electrons. The predicted octanol–water partition coefficient (Wildman–Crippen LogP) is 1.69. The van der Waals surface area contributed by atoms with Crippen LogP contribution < -0.4 is 4.84 Å². The smallest absolute Gasteiger partial charge is 0.0897 e. The molecule has 9 heavy (non-hydrogen) atoms. The summed E-state index contributed by atoms with van der Waals surface area (Å²) in [5.41, 5.74) is 0. The Balaban J connectivity index is 2.61. The first-order chi connectivity index (χ1) is 4.33. The zero-order valence-electron chi connectivity index (χ0n) is 5.02. The number of aromatic nitrogens is 1. The van der Waals surface area contributed by atoms with Gasteiger partial charge in [0.25, 0.3) is 0 Å². The van der Waals surface area contributed by atoms with Gasteiger partial charge in [-0.25, -0.2) is 9.82 Å². The fourth-order valence-corrected chi connectivity index (χ4v) is 1.51. The highest BCUT2D eigenvalue weighted by Gasteiger charge is 1.94. The summed E-state index contributed by atoms with van der Waals surface area (Å²) in [4.78, 5) is 7.76. The van der Waals surface area contributed by atoms with Crippen LogP contribution in [-0.2, 0) is 6.54 Å². The molecule has 1 aromatic heterocycles. The minimum atomic E-state index is 0.701. The van der Waals surface area contributed by atoms with Gasteiger partial charge >= 0.3 is 0 Å². The Morgan fingerprint density at radius 2 is 2.67 bits per heavy atom. The fourth-order valence-electron chi connectivity index (χ4n) is 0.553. The van der Waals surface area contributed by atoms with Crippen molar-refractivity contribution in [3.8, 4) is 0 Å². The van der Waals surface area contributed by atoms with Crippen molar-refractivity contribution in [2.75, 3.05) is 0 Å². The molecule has 1 rings (SSSR count). The molecular weight excluding hydrogens is 156 g/mol. The number of thiazole rings is 1. The molecule has 0 spiro atoms. The van der Waals surface area contributed by atoms with E-state index in [9.17, 15) is 0 Å². The van der Waals surface area contributed by atoms with E-state index in [2.05, 4.69) is 9.82 Å². The maximum Gasteiger partial charge on any atom is 0.0897 e. The summed E-state index contributed by atoms with van der Waals surface area (Å²) in [6.45, 7) is 2.68. The summed E-state index contributed by atoms with van der Waals surface area (Å²) in [6.07, 6.45) is 1.83. The van der Waals surface area contributed by atoms with Crippen LogP contribution in [0.3, 0.4) is 0 Å². The highest BCUT2D eigenvalue weighted by molar-refractivity contribution is 7.11. The Hall–Kier alpha value is -0.120. The molecule has 0 saturated carbocycles. The molecule has 1 aromatic rings. The van der Waals surface area contributed by atoms with Crippen molar-refractivity contribution in [2.45, 2.75) is 13.5 Å². The van der Waals surface area contributed by atoms with E-state index >= 15 is 0 Å². The predicted molar refractivity (Wildman–Crippen MR) is 39.5 cm³/mol. The summed E-state index contributed by atoms with van der Waals surface area (Å²) >= 11 is 6.93. The molecule has 1 N–H and O–H groups in total. The number of nitrogens with one attached hydrogen (secondary N) is 1. The summed E-state index contributed by atoms with van der Waals surface area (Å²) < 4.78 is 0. The van der Waals surface area contributed by atoms with E-state index in [1.807, 2.05) is 13.1 Å². The van der Waals surface area contributed by atoms with Crippen molar-refractivity contribution in [2.24, 2.45) is 0 Å². The number of nitrogens with zero attached hydrogens (tertiary/aromatic N) is 1. The van der Waals surface area contributed by atoms with Crippen molar-refractivity contribution in [1.82, 2.24) is 9.82 Å². The van der Waals surface area contributed by atoms with Crippen LogP contribution in [0, 0.1) is 6.92 Å². The molecule has 4 heteroatoms. The van der Waals surface area contributed by atoms with Crippen LogP contribution >= 0.6 is 23.1 Å². The van der Waals surface area contributed by atoms with E-state index in [0.29, 0.717) is 6.54 Å². The quantitative estimate of drug-likeness (QED) is 0.670. The molecule has 0 fully saturated rings. The average Bonchev–Trinajstić information content (AvgIpc) is 2.17. The Labute approximate surface area is 63.0 Å². The fraction of sp³-hybridized carbons (Fsp3) is 0.400. The van der Waals surface area contributed by atoms with Crippen molar-refractivity contribution in [1.29, 1.82) is 0 Å². The maximum absolute atomic E-state index is 5.27. The number of hydrogen-bond donors (Lipinski definition) is 1. The third-order valence-electron chi connectivity index (χ3n) is 0.910. The van der Waals surface area contributed by atoms with Crippen molar-refractivity contribution >= 4 is 23.1 Å². The number of rotatable bonds is 2. The van der Waals surface area contributed by atoms with Gasteiger partial charge in [-0.15, -0.1) is 11.3 Å². The van der Waals surface area contributed by atoms with E-state index in [0.717, 1.165) is 5.01 Å². The minimum absolute atomic E-state index is 0.701. The Morgan fingerprint density at radius 1 is 1.89 bits per heavy atom. The van der Waals surface area contributed by atoms with E-state index in [1.54, 1.807) is 11.3 Å². The zero-order valence-corrected chi connectivity index (χ0v) is 6.59. The topological polar surface area (TPSA) is 24.9 Å². The van der Waals surface area contributed by atoms with Crippen LogP contribution in [0.5, 0.6) is 0 Å². The Morgan fingerprint density at radius 3 is 3.11 bits per heavy atom. The van der Waals surface area contributed by atoms with Gasteiger partial charge < -0.3 is 0 Å². The largest absolute Gasteiger partial charge is 0.250 e. The van der Waals surface area contributed by atoms with Crippen LogP contribution in [0.1, 0.15) is 9.88 Å². The van der Waals surface area contributed by atoms with Gasteiger partial charge in [-0.3, -0.25) is 0 Å². The van der Waals surface area contributed by atoms with Crippen molar-refractivity contribution in [3.63, 3.8) is 0 Å².